The van der Waals surface area contributed by atoms with E-state index in [4.69, 9.17) is 0 Å². The summed E-state index contributed by atoms with van der Waals surface area (Å²) in [5.41, 5.74) is 23.8. The first-order chi connectivity index (χ1) is 49.6. The molecule has 0 aliphatic carbocycles. The first kappa shape index (κ1) is 58.9. The van der Waals surface area contributed by atoms with Crippen molar-refractivity contribution in [2.75, 3.05) is 0 Å². The second-order valence-electron chi connectivity index (χ2n) is 26.3. The maximum Gasteiger partial charge on any atom is 0.181 e. The molecule has 0 amide bonds. The number of aromatic nitrogens is 2. The van der Waals surface area contributed by atoms with E-state index in [0.29, 0.717) is 0 Å². The van der Waals surface area contributed by atoms with Crippen molar-refractivity contribution < 1.29 is 0 Å². The first-order valence-corrected chi connectivity index (χ1v) is 37.3. The van der Waals surface area contributed by atoms with E-state index in [0.717, 1.165) is 11.4 Å². The third-order valence-corrected chi connectivity index (χ3v) is 26.8. The van der Waals surface area contributed by atoms with Crippen LogP contribution < -0.4 is 20.7 Å². The van der Waals surface area contributed by atoms with Crippen molar-refractivity contribution in [2.45, 2.75) is 0 Å². The highest BCUT2D eigenvalue weighted by Crippen LogP contribution is 2.43. The van der Waals surface area contributed by atoms with E-state index in [1.165, 1.54) is 162 Å². The zero-order valence-electron chi connectivity index (χ0n) is 54.8. The summed E-state index contributed by atoms with van der Waals surface area (Å²) in [6, 6.07) is 145. The summed E-state index contributed by atoms with van der Waals surface area (Å²) in [7, 11) is -3.09. The van der Waals surface area contributed by atoms with Gasteiger partial charge in [0.1, 0.15) is 0 Å². The van der Waals surface area contributed by atoms with Crippen LogP contribution in [-0.4, -0.2) is 17.2 Å². The number of fused-ring (bicyclic) bond motifs is 9. The van der Waals surface area contributed by atoms with Gasteiger partial charge in [-0.05, 0) is 202 Å². The molecule has 0 saturated heterocycles. The lowest BCUT2D eigenvalue weighted by molar-refractivity contribution is 1.18. The van der Waals surface area contributed by atoms with Gasteiger partial charge in [0.2, 0.25) is 0 Å². The minimum atomic E-state index is -3.09. The highest BCUT2D eigenvalue weighted by molar-refractivity contribution is 7.30. The third-order valence-electron chi connectivity index (χ3n) is 20.6. The zero-order chi connectivity index (χ0) is 66.1. The fraction of sp³-hybridized carbons (Fsp3) is 0. The lowest BCUT2D eigenvalue weighted by Gasteiger charge is -2.35. The summed E-state index contributed by atoms with van der Waals surface area (Å²) >= 11 is 1.94. The van der Waals surface area contributed by atoms with Crippen molar-refractivity contribution in [3.05, 3.63) is 388 Å². The van der Waals surface area contributed by atoms with Gasteiger partial charge in [-0.1, -0.05) is 285 Å². The molecule has 0 spiro atoms. The fourth-order valence-corrected chi connectivity index (χ4v) is 22.5. The van der Waals surface area contributed by atoms with E-state index >= 15 is 0 Å². The number of hydrogen-bond acceptors (Lipinski definition) is 1. The van der Waals surface area contributed by atoms with Crippen molar-refractivity contribution in [2.24, 2.45) is 0 Å². The molecule has 3 heterocycles. The third kappa shape index (κ3) is 10.1. The number of nitrogens with zero attached hydrogens (tertiary/aromatic N) is 2. The smallest absolute Gasteiger partial charge is 0.181 e. The molecule has 19 rings (SSSR count). The number of hydrogen-bond donors (Lipinski definition) is 0. The fourth-order valence-electron chi connectivity index (χ4n) is 15.9. The molecule has 0 fully saturated rings. The normalized spacial score (nSPS) is 11.8. The maximum absolute atomic E-state index is 3.09. The van der Waals surface area contributed by atoms with Crippen molar-refractivity contribution in [3.8, 4) is 89.3 Å². The van der Waals surface area contributed by atoms with Gasteiger partial charge in [-0.3, -0.25) is 0 Å². The molecule has 3 aromatic heterocycles. The van der Waals surface area contributed by atoms with Crippen LogP contribution in [0.2, 0.25) is 0 Å². The Kier molecular flexibility index (Phi) is 14.5. The van der Waals surface area contributed by atoms with Gasteiger partial charge in [-0.25, -0.2) is 0 Å². The zero-order valence-corrected chi connectivity index (χ0v) is 56.6. The van der Waals surface area contributed by atoms with Gasteiger partial charge in [0.05, 0.1) is 22.1 Å². The highest BCUT2D eigenvalue weighted by Gasteiger charge is 2.43. The molecule has 468 valence electrons. The van der Waals surface area contributed by atoms with Gasteiger partial charge in [0, 0.05) is 53.1 Å². The average Bonchev–Trinajstić information content (AvgIpc) is 1.30. The van der Waals surface area contributed by atoms with Crippen molar-refractivity contribution in [3.63, 3.8) is 0 Å². The van der Waals surface area contributed by atoms with Gasteiger partial charge in [0.15, 0.2) is 8.07 Å². The Morgan fingerprint density at radius 1 is 0.190 bits per heavy atom. The number of benzene rings is 16. The van der Waals surface area contributed by atoms with E-state index in [-0.39, 0.29) is 0 Å². The van der Waals surface area contributed by atoms with Gasteiger partial charge in [0.25, 0.3) is 0 Å². The van der Waals surface area contributed by atoms with Crippen LogP contribution in [0, 0.1) is 0 Å². The predicted molar refractivity (Wildman–Crippen MR) is 430 cm³/mol. The Balaban J connectivity index is 0.705. The van der Waals surface area contributed by atoms with Crippen molar-refractivity contribution in [1.82, 2.24) is 9.13 Å². The summed E-state index contributed by atoms with van der Waals surface area (Å²) in [4.78, 5) is 0. The van der Waals surface area contributed by atoms with Crippen LogP contribution >= 0.6 is 11.3 Å². The van der Waals surface area contributed by atoms with Crippen LogP contribution in [0.25, 0.3) is 153 Å². The van der Waals surface area contributed by atoms with Crippen LogP contribution in [-0.2, 0) is 0 Å². The number of para-hydroxylation sites is 3. The minimum absolute atomic E-state index is 1.14. The second kappa shape index (κ2) is 24.6. The molecule has 0 radical (unpaired) electrons. The lowest BCUT2D eigenvalue weighted by Crippen LogP contribution is -2.74. The molecule has 0 aliphatic rings. The Bertz CT molecular complexity index is 6290. The Labute approximate surface area is 586 Å². The number of thiophene rings is 1. The number of rotatable bonds is 13. The maximum atomic E-state index is 2.52. The van der Waals surface area contributed by atoms with Crippen LogP contribution in [0.4, 0.5) is 0 Å². The molecule has 16 aromatic carbocycles. The van der Waals surface area contributed by atoms with Gasteiger partial charge < -0.3 is 9.13 Å². The summed E-state index contributed by atoms with van der Waals surface area (Å²) in [6.45, 7) is 0. The van der Waals surface area contributed by atoms with Gasteiger partial charge in [-0.15, -0.1) is 11.3 Å². The monoisotopic (exact) mass is 1300 g/mol. The Morgan fingerprint density at radius 2 is 0.500 bits per heavy atom. The van der Waals surface area contributed by atoms with Crippen LogP contribution in [0.15, 0.2) is 388 Å². The molecule has 0 N–H and O–H groups in total. The molecule has 19 aromatic rings. The van der Waals surface area contributed by atoms with Crippen LogP contribution in [0.1, 0.15) is 0 Å². The van der Waals surface area contributed by atoms with E-state index in [1.807, 2.05) is 11.3 Å². The first-order valence-electron chi connectivity index (χ1n) is 34.4. The lowest BCUT2D eigenvalue weighted by atomic mass is 9.94. The van der Waals surface area contributed by atoms with Gasteiger partial charge in [-0.2, -0.15) is 0 Å². The average molecular weight is 1310 g/mol. The largest absolute Gasteiger partial charge is 0.309 e. The van der Waals surface area contributed by atoms with Crippen molar-refractivity contribution in [1.29, 1.82) is 0 Å². The molecule has 0 atom stereocenters. The highest BCUT2D eigenvalue weighted by atomic mass is 32.1. The molecule has 0 aliphatic heterocycles. The Hall–Kier alpha value is -12.4. The van der Waals surface area contributed by atoms with E-state index in [2.05, 4.69) is 397 Å². The summed E-state index contributed by atoms with van der Waals surface area (Å²) in [5, 5.41) is 12.9. The van der Waals surface area contributed by atoms with E-state index in [9.17, 15) is 0 Å². The standard InChI is InChI=1S/C96H64N2SSi/c1-6-24-65(25-7-1)66-26-18-27-67(56-66)68-28-19-29-69(57-68)70-30-20-31-71(58-70)72-32-21-33-73(59-72)74-34-22-43-83(60-74)100(81-39-12-4-13-40-81,82-41-14-5-15-42-82)95-47-23-45-85-89-64-78(51-55-94(89)99-96(85)95)77-50-54-93-88(63-77)87-62-76(49-53-92(87)98(93)80-37-10-3-11-38-80)75-48-52-91-86(61-75)84-44-16-17-46-90(84)97(91)79-35-8-2-9-36-79/h1-64H. The summed E-state index contributed by atoms with van der Waals surface area (Å²) < 4.78 is 7.44. The molecular weight excluding hydrogens is 1240 g/mol. The van der Waals surface area contributed by atoms with Crippen LogP contribution in [0.3, 0.4) is 0 Å². The quantitative estimate of drug-likeness (QED) is 0.0804. The molecule has 0 saturated carbocycles. The van der Waals surface area contributed by atoms with E-state index in [1.54, 1.807) is 0 Å². The molecule has 0 bridgehead atoms. The van der Waals surface area contributed by atoms with Crippen LogP contribution in [0.5, 0.6) is 0 Å². The summed E-state index contributed by atoms with van der Waals surface area (Å²) in [5.74, 6) is 0. The topological polar surface area (TPSA) is 9.86 Å². The second-order valence-corrected chi connectivity index (χ2v) is 31.1. The SMILES string of the molecule is c1ccc(-c2cccc(-c3cccc(-c4cccc(-c5cccc(-c6cccc([Si](c7ccccc7)(c7ccccc7)c7cccc8c7sc7ccc(-c9ccc%10c(c9)c9cc(-c%11ccc%12c(c%11)c%11ccccc%11n%12-c%11ccccc%11)ccc9n%10-c9ccccc9)cc78)c6)c5)c4)c3)c2)cc1. The minimum Gasteiger partial charge on any atom is -0.309 e. The molecule has 100 heavy (non-hydrogen) atoms. The molecule has 2 nitrogen and oxygen atoms in total. The van der Waals surface area contributed by atoms with Crippen molar-refractivity contribution >= 4 is 104 Å². The Morgan fingerprint density at radius 3 is 0.970 bits per heavy atom. The molecular formula is C96H64N2SSi. The van der Waals surface area contributed by atoms with Gasteiger partial charge >= 0.3 is 0 Å². The summed E-state index contributed by atoms with van der Waals surface area (Å²) in [6.07, 6.45) is 0. The molecule has 4 heteroatoms. The molecule has 0 unspecified atom stereocenters. The predicted octanol–water partition coefficient (Wildman–Crippen LogP) is 23.3. The van der Waals surface area contributed by atoms with E-state index < -0.39 is 8.07 Å².